The molecule has 172 valence electrons. The molecule has 1 aliphatic heterocycles. The van der Waals surface area contributed by atoms with Crippen molar-refractivity contribution in [3.05, 3.63) is 101 Å². The van der Waals surface area contributed by atoms with E-state index in [-0.39, 0.29) is 11.9 Å². The van der Waals surface area contributed by atoms with Gasteiger partial charge in [-0.25, -0.2) is 0 Å². The van der Waals surface area contributed by atoms with Gasteiger partial charge in [-0.3, -0.25) is 9.89 Å². The molecule has 1 atom stereocenters. The summed E-state index contributed by atoms with van der Waals surface area (Å²) in [5, 5.41) is 7.58. The van der Waals surface area contributed by atoms with E-state index in [1.54, 1.807) is 0 Å². The Morgan fingerprint density at radius 2 is 1.56 bits per heavy atom. The highest BCUT2D eigenvalue weighted by Gasteiger charge is 2.42. The summed E-state index contributed by atoms with van der Waals surface area (Å²) in [6.45, 7) is 5.45. The number of nitrogens with one attached hydrogen (secondary N) is 1. The van der Waals surface area contributed by atoms with Crippen LogP contribution < -0.4 is 9.47 Å². The minimum absolute atomic E-state index is 0.0645. The molecule has 5 rings (SSSR count). The van der Waals surface area contributed by atoms with Crippen molar-refractivity contribution in [2.24, 2.45) is 0 Å². The van der Waals surface area contributed by atoms with Crippen LogP contribution in [0.2, 0.25) is 0 Å². The fraction of sp³-hybridized carbons (Fsp3) is 0.214. The molecule has 0 saturated heterocycles. The van der Waals surface area contributed by atoms with E-state index in [0.717, 1.165) is 27.9 Å². The lowest BCUT2D eigenvalue weighted by Gasteiger charge is -2.27. The van der Waals surface area contributed by atoms with Gasteiger partial charge in [0.2, 0.25) is 0 Å². The Balaban J connectivity index is 1.65. The number of nitrogens with zero attached hydrogens (tertiary/aromatic N) is 2. The largest absolute Gasteiger partial charge is 0.490 e. The molecule has 1 aromatic heterocycles. The number of fused-ring (bicyclic) bond motifs is 1. The van der Waals surface area contributed by atoms with Crippen LogP contribution >= 0.6 is 0 Å². The number of carbonyl (C=O) groups excluding carboxylic acids is 1. The van der Waals surface area contributed by atoms with Crippen molar-refractivity contribution >= 4 is 5.91 Å². The zero-order valence-electron chi connectivity index (χ0n) is 19.3. The van der Waals surface area contributed by atoms with Crippen LogP contribution in [0.15, 0.2) is 78.9 Å². The molecule has 0 aliphatic carbocycles. The molecule has 1 amide bonds. The first-order chi connectivity index (χ1) is 16.7. The number of hydrogen-bond acceptors (Lipinski definition) is 4. The normalized spacial score (nSPS) is 14.8. The highest BCUT2D eigenvalue weighted by atomic mass is 16.5. The van der Waals surface area contributed by atoms with Gasteiger partial charge in [-0.1, -0.05) is 66.7 Å². The monoisotopic (exact) mass is 453 g/mol. The highest BCUT2D eigenvalue weighted by Crippen LogP contribution is 2.45. The molecule has 4 aromatic rings. The van der Waals surface area contributed by atoms with Gasteiger partial charge in [0.15, 0.2) is 11.5 Å². The first-order valence-electron chi connectivity index (χ1n) is 11.6. The molecular weight excluding hydrogens is 426 g/mol. The summed E-state index contributed by atoms with van der Waals surface area (Å²) in [4.78, 5) is 15.5. The second-order valence-electron chi connectivity index (χ2n) is 8.12. The van der Waals surface area contributed by atoms with Crippen LogP contribution in [0.5, 0.6) is 11.5 Å². The third-order valence-electron chi connectivity index (χ3n) is 5.99. The standard InChI is InChI=1S/C28H27N3O3/c1-3-33-22-16-15-21(17-23(22)34-4-2)27-24-25(20-13-9-6-10-14-20)29-30-26(24)28(32)31(27)18-19-11-7-5-8-12-19/h5-17,27H,3-4,18H2,1-2H3,(H,29,30). The van der Waals surface area contributed by atoms with Gasteiger partial charge < -0.3 is 14.4 Å². The van der Waals surface area contributed by atoms with E-state index in [1.807, 2.05) is 97.6 Å². The SMILES string of the molecule is CCOc1ccc(C2c3c(-c4ccccc4)n[nH]c3C(=O)N2Cc2ccccc2)cc1OCC. The Morgan fingerprint density at radius 3 is 2.26 bits per heavy atom. The van der Waals surface area contributed by atoms with Gasteiger partial charge in [-0.15, -0.1) is 0 Å². The molecule has 1 aliphatic rings. The molecule has 0 saturated carbocycles. The van der Waals surface area contributed by atoms with Crippen molar-refractivity contribution in [3.8, 4) is 22.8 Å². The fourth-order valence-corrected chi connectivity index (χ4v) is 4.54. The van der Waals surface area contributed by atoms with Crippen molar-refractivity contribution in [2.75, 3.05) is 13.2 Å². The lowest BCUT2D eigenvalue weighted by Crippen LogP contribution is -2.29. The van der Waals surface area contributed by atoms with E-state index in [9.17, 15) is 4.79 Å². The van der Waals surface area contributed by atoms with Crippen LogP contribution in [-0.4, -0.2) is 34.2 Å². The van der Waals surface area contributed by atoms with Crippen LogP contribution in [0.1, 0.15) is 47.1 Å². The van der Waals surface area contributed by atoms with Crippen LogP contribution in [0.4, 0.5) is 0 Å². The Labute approximate surface area is 199 Å². The Kier molecular flexibility index (Phi) is 6.04. The lowest BCUT2D eigenvalue weighted by molar-refractivity contribution is 0.0729. The molecule has 34 heavy (non-hydrogen) atoms. The molecule has 0 radical (unpaired) electrons. The van der Waals surface area contributed by atoms with Gasteiger partial charge in [-0.2, -0.15) is 5.10 Å². The van der Waals surface area contributed by atoms with Crippen molar-refractivity contribution in [1.29, 1.82) is 0 Å². The van der Waals surface area contributed by atoms with Gasteiger partial charge in [0, 0.05) is 17.7 Å². The van der Waals surface area contributed by atoms with Crippen LogP contribution in [0, 0.1) is 0 Å². The molecule has 0 spiro atoms. The van der Waals surface area contributed by atoms with E-state index in [0.29, 0.717) is 37.0 Å². The quantitative estimate of drug-likeness (QED) is 0.376. The average Bonchev–Trinajstić information content (AvgIpc) is 3.41. The summed E-state index contributed by atoms with van der Waals surface area (Å²) < 4.78 is 11.7. The topological polar surface area (TPSA) is 67.5 Å². The second-order valence-corrected chi connectivity index (χ2v) is 8.12. The average molecular weight is 454 g/mol. The maximum Gasteiger partial charge on any atom is 0.273 e. The molecule has 0 fully saturated rings. The smallest absolute Gasteiger partial charge is 0.273 e. The molecule has 0 bridgehead atoms. The van der Waals surface area contributed by atoms with E-state index >= 15 is 0 Å². The zero-order chi connectivity index (χ0) is 23.5. The van der Waals surface area contributed by atoms with Gasteiger partial charge in [-0.05, 0) is 37.1 Å². The number of carbonyl (C=O) groups is 1. The molecule has 3 aromatic carbocycles. The van der Waals surface area contributed by atoms with E-state index < -0.39 is 0 Å². The summed E-state index contributed by atoms with van der Waals surface area (Å²) in [5.74, 6) is 1.31. The maximum atomic E-state index is 13.6. The number of benzene rings is 3. The number of H-pyrrole nitrogens is 1. The van der Waals surface area contributed by atoms with Crippen molar-refractivity contribution in [3.63, 3.8) is 0 Å². The molecular formula is C28H27N3O3. The van der Waals surface area contributed by atoms with E-state index in [2.05, 4.69) is 10.2 Å². The van der Waals surface area contributed by atoms with E-state index in [4.69, 9.17) is 9.47 Å². The third kappa shape index (κ3) is 3.92. The fourth-order valence-electron chi connectivity index (χ4n) is 4.54. The van der Waals surface area contributed by atoms with Gasteiger partial charge in [0.05, 0.1) is 24.9 Å². The molecule has 1 N–H and O–H groups in total. The van der Waals surface area contributed by atoms with Crippen molar-refractivity contribution in [2.45, 2.75) is 26.4 Å². The summed E-state index contributed by atoms with van der Waals surface area (Å²) in [5.41, 5.74) is 5.20. The van der Waals surface area contributed by atoms with Crippen molar-refractivity contribution < 1.29 is 14.3 Å². The molecule has 6 nitrogen and oxygen atoms in total. The highest BCUT2D eigenvalue weighted by molar-refractivity contribution is 6.00. The summed E-state index contributed by atoms with van der Waals surface area (Å²) in [7, 11) is 0. The molecule has 6 heteroatoms. The lowest BCUT2D eigenvalue weighted by atomic mass is 9.95. The predicted octanol–water partition coefficient (Wildman–Crippen LogP) is 5.62. The molecule has 2 heterocycles. The number of aromatic nitrogens is 2. The first-order valence-corrected chi connectivity index (χ1v) is 11.6. The van der Waals surface area contributed by atoms with Gasteiger partial charge >= 0.3 is 0 Å². The summed E-state index contributed by atoms with van der Waals surface area (Å²) in [6.07, 6.45) is 0. The minimum atomic E-state index is -0.313. The number of amides is 1. The number of ether oxygens (including phenoxy) is 2. The third-order valence-corrected chi connectivity index (χ3v) is 5.99. The van der Waals surface area contributed by atoms with Gasteiger partial charge in [0.25, 0.3) is 5.91 Å². The Hall–Kier alpha value is -4.06. The predicted molar refractivity (Wildman–Crippen MR) is 131 cm³/mol. The van der Waals surface area contributed by atoms with Crippen LogP contribution in [0.3, 0.4) is 0 Å². The summed E-state index contributed by atoms with van der Waals surface area (Å²) >= 11 is 0. The number of hydrogen-bond donors (Lipinski definition) is 1. The Morgan fingerprint density at radius 1 is 0.882 bits per heavy atom. The summed E-state index contributed by atoms with van der Waals surface area (Å²) in [6, 6.07) is 25.6. The van der Waals surface area contributed by atoms with Crippen LogP contribution in [0.25, 0.3) is 11.3 Å². The second kappa shape index (κ2) is 9.43. The first kappa shape index (κ1) is 21.8. The minimum Gasteiger partial charge on any atom is -0.490 e. The Bertz CT molecular complexity index is 1290. The zero-order valence-corrected chi connectivity index (χ0v) is 19.3. The molecule has 1 unspecified atom stereocenters. The number of aromatic amines is 1. The maximum absolute atomic E-state index is 13.6. The van der Waals surface area contributed by atoms with Crippen LogP contribution in [-0.2, 0) is 6.54 Å². The van der Waals surface area contributed by atoms with Gasteiger partial charge in [0.1, 0.15) is 5.69 Å². The van der Waals surface area contributed by atoms with Crippen molar-refractivity contribution in [1.82, 2.24) is 15.1 Å². The van der Waals surface area contributed by atoms with E-state index in [1.165, 1.54) is 0 Å². The number of rotatable bonds is 8.